The molecule has 0 aliphatic carbocycles. The molecule has 0 fully saturated rings. The Morgan fingerprint density at radius 1 is 1.47 bits per heavy atom. The summed E-state index contributed by atoms with van der Waals surface area (Å²) >= 11 is 0. The number of hydrogen-bond donors (Lipinski definition) is 1. The molecule has 1 aromatic carbocycles. The zero-order valence-corrected chi connectivity index (χ0v) is 9.10. The first kappa shape index (κ1) is 11.1. The largest absolute Gasteiger partial charge is 0.487 e. The van der Waals surface area contributed by atoms with E-state index in [9.17, 15) is 14.9 Å². The summed E-state index contributed by atoms with van der Waals surface area (Å²) < 4.78 is 5.18. The summed E-state index contributed by atoms with van der Waals surface area (Å²) in [5.41, 5.74) is 0.0625. The molecule has 1 N–H and O–H groups in total. The van der Waals surface area contributed by atoms with Crippen molar-refractivity contribution < 1.29 is 9.66 Å². The molecule has 0 spiro atoms. The second kappa shape index (κ2) is 4.25. The molecule has 0 unspecified atom stereocenters. The summed E-state index contributed by atoms with van der Waals surface area (Å²) in [6.07, 6.45) is 1.49. The third-order valence-electron chi connectivity index (χ3n) is 2.33. The number of nitro groups is 1. The van der Waals surface area contributed by atoms with E-state index in [0.29, 0.717) is 12.1 Å². The normalized spacial score (nSPS) is 10.4. The van der Waals surface area contributed by atoms with Gasteiger partial charge >= 0.3 is 5.69 Å². The number of benzene rings is 1. The van der Waals surface area contributed by atoms with Crippen LogP contribution >= 0.6 is 0 Å². The molecule has 17 heavy (non-hydrogen) atoms. The number of nitro benzene ring substituents is 1. The van der Waals surface area contributed by atoms with E-state index in [4.69, 9.17) is 4.74 Å². The molecule has 0 saturated carbocycles. The van der Waals surface area contributed by atoms with E-state index in [1.807, 2.05) is 0 Å². The minimum absolute atomic E-state index is 0.159. The van der Waals surface area contributed by atoms with E-state index in [1.165, 1.54) is 24.4 Å². The third-order valence-corrected chi connectivity index (χ3v) is 2.33. The molecule has 0 atom stereocenters. The summed E-state index contributed by atoms with van der Waals surface area (Å²) in [5, 5.41) is 11.1. The van der Waals surface area contributed by atoms with Gasteiger partial charge in [0.2, 0.25) is 0 Å². The van der Waals surface area contributed by atoms with Gasteiger partial charge in [-0.25, -0.2) is 0 Å². The second-order valence-electron chi connectivity index (χ2n) is 3.40. The van der Waals surface area contributed by atoms with Crippen LogP contribution in [0.4, 0.5) is 5.69 Å². The highest BCUT2D eigenvalue weighted by Gasteiger charge is 2.17. The van der Waals surface area contributed by atoms with Crippen molar-refractivity contribution in [3.63, 3.8) is 0 Å². The lowest BCUT2D eigenvalue weighted by atomic mass is 10.2. The highest BCUT2D eigenvalue weighted by molar-refractivity contribution is 5.83. The van der Waals surface area contributed by atoms with Crippen LogP contribution in [0.25, 0.3) is 10.9 Å². The number of rotatable bonds is 3. The molecule has 88 valence electrons. The Hall–Kier alpha value is -2.37. The van der Waals surface area contributed by atoms with Gasteiger partial charge in [-0.15, -0.1) is 0 Å². The molecule has 1 aromatic heterocycles. The molecule has 2 rings (SSSR count). The van der Waals surface area contributed by atoms with Crippen LogP contribution in [0.1, 0.15) is 6.92 Å². The fourth-order valence-electron chi connectivity index (χ4n) is 1.60. The second-order valence-corrected chi connectivity index (χ2v) is 3.40. The number of aromatic nitrogens is 1. The zero-order chi connectivity index (χ0) is 12.4. The van der Waals surface area contributed by atoms with E-state index in [2.05, 4.69) is 4.98 Å². The van der Waals surface area contributed by atoms with Crippen molar-refractivity contribution in [2.75, 3.05) is 6.61 Å². The van der Waals surface area contributed by atoms with Crippen molar-refractivity contribution >= 4 is 16.6 Å². The minimum atomic E-state index is -0.559. The lowest BCUT2D eigenvalue weighted by Gasteiger charge is -2.05. The average Bonchev–Trinajstić information content (AvgIpc) is 2.29. The van der Waals surface area contributed by atoms with Crippen LogP contribution < -0.4 is 10.2 Å². The van der Waals surface area contributed by atoms with Gasteiger partial charge in [-0.2, -0.15) is 0 Å². The van der Waals surface area contributed by atoms with E-state index < -0.39 is 4.92 Å². The molecule has 0 amide bonds. The number of aromatic amines is 1. The van der Waals surface area contributed by atoms with Gasteiger partial charge in [-0.05, 0) is 6.92 Å². The number of nitrogens with one attached hydrogen (secondary N) is 1. The van der Waals surface area contributed by atoms with Crippen LogP contribution in [0, 0.1) is 10.1 Å². The molecule has 0 bridgehead atoms. The van der Waals surface area contributed by atoms with Gasteiger partial charge in [0.05, 0.1) is 22.4 Å². The van der Waals surface area contributed by atoms with Crippen LogP contribution in [-0.2, 0) is 0 Å². The fourth-order valence-corrected chi connectivity index (χ4v) is 1.60. The Balaban J connectivity index is 2.77. The van der Waals surface area contributed by atoms with E-state index in [1.54, 1.807) is 6.92 Å². The molecule has 0 aliphatic heterocycles. The van der Waals surface area contributed by atoms with Crippen LogP contribution in [-0.4, -0.2) is 16.5 Å². The van der Waals surface area contributed by atoms with Crippen LogP contribution in [0.3, 0.4) is 0 Å². The van der Waals surface area contributed by atoms with Crippen molar-refractivity contribution in [3.05, 3.63) is 44.7 Å². The fraction of sp³-hybridized carbons (Fsp3) is 0.182. The number of hydrogen-bond acceptors (Lipinski definition) is 4. The lowest BCUT2D eigenvalue weighted by Crippen LogP contribution is -2.03. The van der Waals surface area contributed by atoms with Crippen molar-refractivity contribution in [2.24, 2.45) is 0 Å². The van der Waals surface area contributed by atoms with E-state index >= 15 is 0 Å². The van der Waals surface area contributed by atoms with Crippen molar-refractivity contribution in [1.82, 2.24) is 4.98 Å². The number of fused-ring (bicyclic) bond motifs is 1. The number of pyridine rings is 1. The summed E-state index contributed by atoms with van der Waals surface area (Å²) in [5.74, 6) is 0.159. The highest BCUT2D eigenvalue weighted by atomic mass is 16.6. The lowest BCUT2D eigenvalue weighted by molar-refractivity contribution is -0.385. The third kappa shape index (κ3) is 1.96. The predicted molar refractivity (Wildman–Crippen MR) is 62.4 cm³/mol. The van der Waals surface area contributed by atoms with Gasteiger partial charge in [0.15, 0.2) is 11.2 Å². The van der Waals surface area contributed by atoms with Gasteiger partial charge in [0.1, 0.15) is 0 Å². The Bertz CT molecular complexity index is 633. The number of H-pyrrole nitrogens is 1. The van der Waals surface area contributed by atoms with Gasteiger partial charge in [0, 0.05) is 24.4 Å². The minimum Gasteiger partial charge on any atom is -0.487 e. The van der Waals surface area contributed by atoms with Crippen molar-refractivity contribution in [2.45, 2.75) is 6.92 Å². The topological polar surface area (TPSA) is 85.2 Å². The summed E-state index contributed by atoms with van der Waals surface area (Å²) in [6.45, 7) is 2.06. The van der Waals surface area contributed by atoms with E-state index in [-0.39, 0.29) is 22.3 Å². The Morgan fingerprint density at radius 3 is 2.88 bits per heavy atom. The monoisotopic (exact) mass is 234 g/mol. The van der Waals surface area contributed by atoms with Gasteiger partial charge < -0.3 is 9.72 Å². The maximum atomic E-state index is 11.5. The van der Waals surface area contributed by atoms with Gasteiger partial charge in [0.25, 0.3) is 0 Å². The zero-order valence-electron chi connectivity index (χ0n) is 9.10. The van der Waals surface area contributed by atoms with Crippen LogP contribution in [0.15, 0.2) is 29.2 Å². The maximum absolute atomic E-state index is 11.5. The highest BCUT2D eigenvalue weighted by Crippen LogP contribution is 2.30. The maximum Gasteiger partial charge on any atom is 0.311 e. The SMILES string of the molecule is CCOc1cc2[nH]ccc(=O)c2cc1[N+](=O)[O-]. The molecule has 1 heterocycles. The summed E-state index contributed by atoms with van der Waals surface area (Å²) in [6, 6.07) is 4.03. The predicted octanol–water partition coefficient (Wildman–Crippen LogP) is 1.83. The number of nitrogens with zero attached hydrogens (tertiary/aromatic N) is 1. The Morgan fingerprint density at radius 2 is 2.24 bits per heavy atom. The molecule has 0 aliphatic rings. The smallest absolute Gasteiger partial charge is 0.311 e. The average molecular weight is 234 g/mol. The summed E-state index contributed by atoms with van der Waals surface area (Å²) in [4.78, 5) is 24.7. The van der Waals surface area contributed by atoms with Crippen LogP contribution in [0.2, 0.25) is 0 Å². The molecule has 2 aromatic rings. The first-order valence-corrected chi connectivity index (χ1v) is 5.06. The molecule has 6 nitrogen and oxygen atoms in total. The quantitative estimate of drug-likeness (QED) is 0.648. The van der Waals surface area contributed by atoms with Gasteiger partial charge in [-0.3, -0.25) is 14.9 Å². The molecule has 0 saturated heterocycles. The summed E-state index contributed by atoms with van der Waals surface area (Å²) in [7, 11) is 0. The van der Waals surface area contributed by atoms with Gasteiger partial charge in [-0.1, -0.05) is 0 Å². The van der Waals surface area contributed by atoms with Crippen molar-refractivity contribution in [1.29, 1.82) is 0 Å². The van der Waals surface area contributed by atoms with Crippen molar-refractivity contribution in [3.8, 4) is 5.75 Å². The molecular formula is C11H10N2O4. The Kier molecular flexibility index (Phi) is 2.78. The molecular weight excluding hydrogens is 224 g/mol. The Labute approximate surface area is 96.0 Å². The van der Waals surface area contributed by atoms with Crippen LogP contribution in [0.5, 0.6) is 5.75 Å². The standard InChI is InChI=1S/C11H10N2O4/c1-2-17-11-6-8-7(5-9(11)13(15)16)10(14)3-4-12-8/h3-6H,2H2,1H3,(H,12,14). The molecule has 0 radical (unpaired) electrons. The molecule has 6 heteroatoms. The first-order valence-electron chi connectivity index (χ1n) is 5.06. The van der Waals surface area contributed by atoms with E-state index in [0.717, 1.165) is 0 Å². The first-order chi connectivity index (χ1) is 8.13. The number of ether oxygens (including phenoxy) is 1.